The fourth-order valence-corrected chi connectivity index (χ4v) is 1.53. The van der Waals surface area contributed by atoms with Crippen LogP contribution in [0.25, 0.3) is 0 Å². The highest BCUT2D eigenvalue weighted by atomic mass is 35.5. The lowest BCUT2D eigenvalue weighted by Crippen LogP contribution is -2.25. The third-order valence-electron chi connectivity index (χ3n) is 2.31. The highest BCUT2D eigenvalue weighted by molar-refractivity contribution is 6.20. The van der Waals surface area contributed by atoms with Gasteiger partial charge in [-0.1, -0.05) is 0 Å². The molecule has 0 heterocycles. The fraction of sp³-hybridized carbons (Fsp3) is 0.417. The quantitative estimate of drug-likeness (QED) is 0.500. The second kappa shape index (κ2) is 6.64. The molecule has 0 saturated carbocycles. The molecule has 0 aliphatic carbocycles. The molecule has 0 aromatic heterocycles. The lowest BCUT2D eigenvalue weighted by atomic mass is 10.2. The first-order chi connectivity index (χ1) is 8.41. The molecular weight excluding hydrogens is 267 g/mol. The standard InChI is InChI=1S/C12H13ClF3NO/c1-7(13)3-2-4-17-12(18)8-5-9(14)11(16)10(15)6-8/h5-7H,2-4H2,1H3,(H,17,18). The van der Waals surface area contributed by atoms with Gasteiger partial charge in [0.05, 0.1) is 0 Å². The van der Waals surface area contributed by atoms with Gasteiger partial charge in [0.25, 0.3) is 5.91 Å². The van der Waals surface area contributed by atoms with Gasteiger partial charge in [0.2, 0.25) is 0 Å². The molecule has 0 aliphatic heterocycles. The van der Waals surface area contributed by atoms with E-state index in [1.54, 1.807) is 0 Å². The van der Waals surface area contributed by atoms with Gasteiger partial charge >= 0.3 is 0 Å². The molecule has 1 unspecified atom stereocenters. The van der Waals surface area contributed by atoms with E-state index in [1.165, 1.54) is 0 Å². The van der Waals surface area contributed by atoms with Crippen LogP contribution in [0.3, 0.4) is 0 Å². The van der Waals surface area contributed by atoms with Crippen molar-refractivity contribution in [1.82, 2.24) is 5.32 Å². The summed E-state index contributed by atoms with van der Waals surface area (Å²) >= 11 is 5.72. The van der Waals surface area contributed by atoms with Crippen molar-refractivity contribution in [3.05, 3.63) is 35.1 Å². The van der Waals surface area contributed by atoms with E-state index in [0.29, 0.717) is 31.5 Å². The third-order valence-corrected chi connectivity index (χ3v) is 2.53. The molecule has 2 nitrogen and oxygen atoms in total. The van der Waals surface area contributed by atoms with Gasteiger partial charge in [-0.05, 0) is 31.9 Å². The second-order valence-electron chi connectivity index (χ2n) is 3.93. The van der Waals surface area contributed by atoms with Gasteiger partial charge in [-0.3, -0.25) is 4.79 Å². The number of carbonyl (C=O) groups excluding carboxylic acids is 1. The summed E-state index contributed by atoms with van der Waals surface area (Å²) in [5, 5.41) is 2.48. The zero-order valence-electron chi connectivity index (χ0n) is 9.77. The Morgan fingerprint density at radius 1 is 1.33 bits per heavy atom. The highest BCUT2D eigenvalue weighted by Crippen LogP contribution is 2.13. The Morgan fingerprint density at radius 2 is 1.89 bits per heavy atom. The summed E-state index contributed by atoms with van der Waals surface area (Å²) in [5.41, 5.74) is -0.245. The zero-order chi connectivity index (χ0) is 13.7. The van der Waals surface area contributed by atoms with E-state index in [9.17, 15) is 18.0 Å². The molecule has 1 aromatic rings. The van der Waals surface area contributed by atoms with Crippen LogP contribution in [0.15, 0.2) is 12.1 Å². The van der Waals surface area contributed by atoms with Crippen molar-refractivity contribution in [2.45, 2.75) is 25.1 Å². The molecule has 1 rings (SSSR count). The number of carbonyl (C=O) groups is 1. The van der Waals surface area contributed by atoms with E-state index in [-0.39, 0.29) is 10.9 Å². The molecule has 0 radical (unpaired) electrons. The highest BCUT2D eigenvalue weighted by Gasteiger charge is 2.14. The van der Waals surface area contributed by atoms with Gasteiger partial charge in [-0.25, -0.2) is 13.2 Å². The van der Waals surface area contributed by atoms with Crippen LogP contribution in [0.1, 0.15) is 30.1 Å². The van der Waals surface area contributed by atoms with Crippen LogP contribution >= 0.6 is 11.6 Å². The van der Waals surface area contributed by atoms with E-state index in [0.717, 1.165) is 0 Å². The third kappa shape index (κ3) is 4.22. The molecule has 0 fully saturated rings. The van der Waals surface area contributed by atoms with E-state index in [4.69, 9.17) is 11.6 Å². The minimum Gasteiger partial charge on any atom is -0.352 e. The second-order valence-corrected chi connectivity index (χ2v) is 4.68. The maximum Gasteiger partial charge on any atom is 0.251 e. The molecule has 0 spiro atoms. The number of halogens is 4. The summed E-state index contributed by atoms with van der Waals surface area (Å²) in [6.45, 7) is 2.17. The molecule has 0 aliphatic rings. The summed E-state index contributed by atoms with van der Waals surface area (Å²) in [7, 11) is 0. The summed E-state index contributed by atoms with van der Waals surface area (Å²) in [4.78, 5) is 11.5. The van der Waals surface area contributed by atoms with Gasteiger partial charge in [0, 0.05) is 17.5 Å². The van der Waals surface area contributed by atoms with Crippen molar-refractivity contribution in [3.63, 3.8) is 0 Å². The number of nitrogens with one attached hydrogen (secondary N) is 1. The summed E-state index contributed by atoms with van der Waals surface area (Å²) in [5.74, 6) is -4.98. The van der Waals surface area contributed by atoms with E-state index in [1.807, 2.05) is 6.92 Å². The van der Waals surface area contributed by atoms with Crippen molar-refractivity contribution in [2.24, 2.45) is 0 Å². The Kier molecular flexibility index (Phi) is 5.47. The van der Waals surface area contributed by atoms with Crippen molar-refractivity contribution < 1.29 is 18.0 Å². The molecule has 6 heteroatoms. The Labute approximate surface area is 108 Å². The zero-order valence-corrected chi connectivity index (χ0v) is 10.5. The van der Waals surface area contributed by atoms with Gasteiger partial charge in [-0.15, -0.1) is 11.6 Å². The monoisotopic (exact) mass is 279 g/mol. The van der Waals surface area contributed by atoms with Crippen LogP contribution in [-0.2, 0) is 0 Å². The molecule has 1 atom stereocenters. The smallest absolute Gasteiger partial charge is 0.251 e. The first kappa shape index (κ1) is 14.8. The van der Waals surface area contributed by atoms with Crippen LogP contribution in [0, 0.1) is 17.5 Å². The largest absolute Gasteiger partial charge is 0.352 e. The van der Waals surface area contributed by atoms with Crippen LogP contribution < -0.4 is 5.32 Å². The SMILES string of the molecule is CC(Cl)CCCNC(=O)c1cc(F)c(F)c(F)c1. The van der Waals surface area contributed by atoms with Crippen LogP contribution in [0.5, 0.6) is 0 Å². The van der Waals surface area contributed by atoms with Crippen molar-refractivity contribution in [2.75, 3.05) is 6.54 Å². The molecule has 0 saturated heterocycles. The summed E-state index contributed by atoms with van der Waals surface area (Å²) < 4.78 is 38.4. The van der Waals surface area contributed by atoms with Gasteiger partial charge < -0.3 is 5.32 Å². The lowest BCUT2D eigenvalue weighted by molar-refractivity contribution is 0.0952. The molecular formula is C12H13ClF3NO. The summed E-state index contributed by atoms with van der Waals surface area (Å²) in [6, 6.07) is 1.33. The maximum absolute atomic E-state index is 12.9. The molecule has 1 N–H and O–H groups in total. The summed E-state index contributed by atoms with van der Waals surface area (Å²) in [6.07, 6.45) is 1.37. The average molecular weight is 280 g/mol. The van der Waals surface area contributed by atoms with Gasteiger partial charge in [0.15, 0.2) is 17.5 Å². The molecule has 18 heavy (non-hydrogen) atoms. The van der Waals surface area contributed by atoms with Crippen molar-refractivity contribution in [3.8, 4) is 0 Å². The Hall–Kier alpha value is -1.23. The lowest BCUT2D eigenvalue weighted by Gasteiger charge is -2.06. The minimum atomic E-state index is -1.58. The molecule has 0 bridgehead atoms. The molecule has 100 valence electrons. The van der Waals surface area contributed by atoms with Crippen molar-refractivity contribution >= 4 is 17.5 Å². The Balaban J connectivity index is 2.57. The fourth-order valence-electron chi connectivity index (χ4n) is 1.37. The molecule has 1 aromatic carbocycles. The topological polar surface area (TPSA) is 29.1 Å². The number of hydrogen-bond donors (Lipinski definition) is 1. The molecule has 1 amide bonds. The number of alkyl halides is 1. The maximum atomic E-state index is 12.9. The predicted molar refractivity (Wildman–Crippen MR) is 63.2 cm³/mol. The van der Waals surface area contributed by atoms with Gasteiger partial charge in [0.1, 0.15) is 0 Å². The average Bonchev–Trinajstić information content (AvgIpc) is 2.30. The first-order valence-corrected chi connectivity index (χ1v) is 5.92. The Morgan fingerprint density at radius 3 is 2.39 bits per heavy atom. The van der Waals surface area contributed by atoms with Crippen LogP contribution in [0.2, 0.25) is 0 Å². The minimum absolute atomic E-state index is 0.00242. The number of amides is 1. The van der Waals surface area contributed by atoms with Crippen LogP contribution in [0.4, 0.5) is 13.2 Å². The Bertz CT molecular complexity index is 414. The van der Waals surface area contributed by atoms with Crippen LogP contribution in [-0.4, -0.2) is 17.8 Å². The first-order valence-electron chi connectivity index (χ1n) is 5.48. The van der Waals surface area contributed by atoms with E-state index >= 15 is 0 Å². The number of benzene rings is 1. The van der Waals surface area contributed by atoms with E-state index < -0.39 is 23.4 Å². The van der Waals surface area contributed by atoms with E-state index in [2.05, 4.69) is 5.32 Å². The number of hydrogen-bond acceptors (Lipinski definition) is 1. The van der Waals surface area contributed by atoms with Gasteiger partial charge in [-0.2, -0.15) is 0 Å². The normalized spacial score (nSPS) is 12.3. The predicted octanol–water partition coefficient (Wildman–Crippen LogP) is 3.24. The number of rotatable bonds is 5. The van der Waals surface area contributed by atoms with Crippen molar-refractivity contribution in [1.29, 1.82) is 0 Å².